The summed E-state index contributed by atoms with van der Waals surface area (Å²) in [6.45, 7) is 0. The molecule has 4 N–H and O–H groups in total. The average Bonchev–Trinajstić information content (AvgIpc) is 2.24. The van der Waals surface area contributed by atoms with E-state index in [9.17, 15) is 9.18 Å². The molecule has 0 saturated heterocycles. The van der Waals surface area contributed by atoms with Gasteiger partial charge in [-0.15, -0.1) is 11.8 Å². The number of halogens is 1. The lowest BCUT2D eigenvalue weighted by Crippen LogP contribution is -2.35. The second-order valence-corrected chi connectivity index (χ2v) is 4.20. The topological polar surface area (TPSA) is 75.3 Å². The van der Waals surface area contributed by atoms with Gasteiger partial charge in [0.1, 0.15) is 11.9 Å². The second kappa shape index (κ2) is 5.72. The van der Waals surface area contributed by atoms with Crippen molar-refractivity contribution in [3.8, 4) is 0 Å². The third-order valence-electron chi connectivity index (χ3n) is 2.06. The lowest BCUT2D eigenvalue weighted by molar-refractivity contribution is -0.138. The summed E-state index contributed by atoms with van der Waals surface area (Å²) in [6, 6.07) is 3.81. The Morgan fingerprint density at radius 1 is 1.69 bits per heavy atom. The number of carboxylic acids is 1. The molecule has 0 amide bonds. The number of hydrogen-bond donors (Lipinski definition) is 3. The highest BCUT2D eigenvalue weighted by atomic mass is 32.2. The lowest BCUT2D eigenvalue weighted by atomic mass is 10.3. The quantitative estimate of drug-likeness (QED) is 0.535. The van der Waals surface area contributed by atoms with Gasteiger partial charge in [0, 0.05) is 10.6 Å². The molecule has 0 aromatic heterocycles. The van der Waals surface area contributed by atoms with Crippen molar-refractivity contribution < 1.29 is 14.3 Å². The van der Waals surface area contributed by atoms with E-state index in [1.54, 1.807) is 19.2 Å². The fraction of sp³-hybridized carbons (Fsp3) is 0.300. The van der Waals surface area contributed by atoms with E-state index < -0.39 is 17.8 Å². The van der Waals surface area contributed by atoms with E-state index in [0.29, 0.717) is 10.6 Å². The number of thioether (sulfide) groups is 1. The van der Waals surface area contributed by atoms with E-state index in [1.165, 1.54) is 17.8 Å². The molecule has 0 radical (unpaired) electrons. The molecule has 0 spiro atoms. The Kier molecular flexibility index (Phi) is 4.57. The van der Waals surface area contributed by atoms with Gasteiger partial charge in [0.2, 0.25) is 0 Å². The molecular formula is C10H13FN2O2S. The summed E-state index contributed by atoms with van der Waals surface area (Å²) in [5.74, 6) is -1.13. The molecule has 1 aromatic carbocycles. The lowest BCUT2D eigenvalue weighted by Gasteiger charge is -2.11. The molecule has 0 bridgehead atoms. The highest BCUT2D eigenvalue weighted by molar-refractivity contribution is 7.99. The number of hydrogen-bond acceptors (Lipinski definition) is 4. The molecule has 0 heterocycles. The first kappa shape index (κ1) is 12.8. The van der Waals surface area contributed by atoms with Gasteiger partial charge < -0.3 is 16.2 Å². The Balaban J connectivity index is 2.67. The largest absolute Gasteiger partial charge is 0.480 e. The molecule has 6 heteroatoms. The maximum atomic E-state index is 13.1. The molecule has 16 heavy (non-hydrogen) atoms. The number of nitrogens with one attached hydrogen (secondary N) is 1. The standard InChI is InChI=1S/C10H13FN2O2S/c1-13-7(10(14)15)5-16-8-4-2-3-6(11)9(8)12/h2-4,7,13H,5,12H2,1H3,(H,14,15)/t7-/m0/s1. The fourth-order valence-electron chi connectivity index (χ4n) is 1.09. The monoisotopic (exact) mass is 244 g/mol. The number of likely N-dealkylation sites (N-methyl/N-ethyl adjacent to an activating group) is 1. The summed E-state index contributed by atoms with van der Waals surface area (Å²) in [7, 11) is 1.56. The minimum absolute atomic E-state index is 0.0627. The first-order chi connectivity index (χ1) is 7.56. The average molecular weight is 244 g/mol. The second-order valence-electron chi connectivity index (χ2n) is 3.14. The Hall–Kier alpha value is -1.27. The van der Waals surface area contributed by atoms with E-state index in [-0.39, 0.29) is 5.69 Å². The van der Waals surface area contributed by atoms with E-state index in [4.69, 9.17) is 10.8 Å². The Morgan fingerprint density at radius 3 is 2.94 bits per heavy atom. The van der Waals surface area contributed by atoms with Crippen LogP contribution in [-0.2, 0) is 4.79 Å². The summed E-state index contributed by atoms with van der Waals surface area (Å²) in [5.41, 5.74) is 5.59. The van der Waals surface area contributed by atoms with Crippen LogP contribution in [0, 0.1) is 5.82 Å². The predicted octanol–water partition coefficient (Wildman–Crippen LogP) is 1.17. The van der Waals surface area contributed by atoms with Crippen LogP contribution < -0.4 is 11.1 Å². The van der Waals surface area contributed by atoms with Gasteiger partial charge in [0.25, 0.3) is 0 Å². The van der Waals surface area contributed by atoms with Crippen molar-refractivity contribution in [2.75, 3.05) is 18.5 Å². The number of nitrogen functional groups attached to an aromatic ring is 1. The van der Waals surface area contributed by atoms with Crippen LogP contribution in [0.15, 0.2) is 23.1 Å². The zero-order chi connectivity index (χ0) is 12.1. The summed E-state index contributed by atoms with van der Waals surface area (Å²) >= 11 is 1.21. The number of carboxylic acid groups (broad SMARTS) is 1. The minimum Gasteiger partial charge on any atom is -0.480 e. The number of anilines is 1. The SMILES string of the molecule is CN[C@@H](CSc1cccc(F)c1N)C(=O)O. The van der Waals surface area contributed by atoms with Gasteiger partial charge in [-0.1, -0.05) is 6.07 Å². The van der Waals surface area contributed by atoms with Gasteiger partial charge >= 0.3 is 5.97 Å². The van der Waals surface area contributed by atoms with E-state index in [1.807, 2.05) is 0 Å². The first-order valence-electron chi connectivity index (χ1n) is 4.63. The van der Waals surface area contributed by atoms with Crippen LogP contribution in [-0.4, -0.2) is 29.9 Å². The van der Waals surface area contributed by atoms with Crippen molar-refractivity contribution in [1.29, 1.82) is 0 Å². The van der Waals surface area contributed by atoms with Gasteiger partial charge in [0.05, 0.1) is 5.69 Å². The van der Waals surface area contributed by atoms with Crippen molar-refractivity contribution in [3.05, 3.63) is 24.0 Å². The molecular weight excluding hydrogens is 231 g/mol. The maximum Gasteiger partial charge on any atom is 0.321 e. The maximum absolute atomic E-state index is 13.1. The fourth-order valence-corrected chi connectivity index (χ4v) is 2.18. The summed E-state index contributed by atoms with van der Waals surface area (Å²) < 4.78 is 13.1. The summed E-state index contributed by atoms with van der Waals surface area (Å²) in [5, 5.41) is 11.4. The molecule has 0 fully saturated rings. The van der Waals surface area contributed by atoms with Crippen LogP contribution in [0.25, 0.3) is 0 Å². The van der Waals surface area contributed by atoms with E-state index in [0.717, 1.165) is 0 Å². The van der Waals surface area contributed by atoms with Crippen LogP contribution in [0.3, 0.4) is 0 Å². The van der Waals surface area contributed by atoms with Crippen molar-refractivity contribution in [1.82, 2.24) is 5.32 Å². The Bertz CT molecular complexity index is 387. The van der Waals surface area contributed by atoms with Gasteiger partial charge in [-0.25, -0.2) is 4.39 Å². The number of benzene rings is 1. The molecule has 4 nitrogen and oxygen atoms in total. The van der Waals surface area contributed by atoms with Crippen molar-refractivity contribution in [3.63, 3.8) is 0 Å². The van der Waals surface area contributed by atoms with Gasteiger partial charge in [0.15, 0.2) is 0 Å². The third-order valence-corrected chi connectivity index (χ3v) is 3.23. The number of carbonyl (C=O) groups is 1. The highest BCUT2D eigenvalue weighted by Gasteiger charge is 2.16. The normalized spacial score (nSPS) is 12.4. The van der Waals surface area contributed by atoms with Crippen molar-refractivity contribution in [2.24, 2.45) is 0 Å². The van der Waals surface area contributed by atoms with Crippen molar-refractivity contribution in [2.45, 2.75) is 10.9 Å². The highest BCUT2D eigenvalue weighted by Crippen LogP contribution is 2.27. The van der Waals surface area contributed by atoms with Crippen LogP contribution in [0.5, 0.6) is 0 Å². The van der Waals surface area contributed by atoms with Crippen LogP contribution in [0.2, 0.25) is 0 Å². The Morgan fingerprint density at radius 2 is 2.38 bits per heavy atom. The van der Waals surface area contributed by atoms with Gasteiger partial charge in [-0.3, -0.25) is 4.79 Å². The number of aliphatic carboxylic acids is 1. The molecule has 0 aliphatic rings. The molecule has 1 rings (SSSR count). The molecule has 0 unspecified atom stereocenters. The van der Waals surface area contributed by atoms with Gasteiger partial charge in [-0.05, 0) is 19.2 Å². The van der Waals surface area contributed by atoms with Crippen LogP contribution in [0.1, 0.15) is 0 Å². The summed E-state index contributed by atoms with van der Waals surface area (Å²) in [6.07, 6.45) is 0. The van der Waals surface area contributed by atoms with Crippen LogP contribution >= 0.6 is 11.8 Å². The Labute approximate surface area is 97.0 Å². The number of para-hydroxylation sites is 1. The zero-order valence-corrected chi connectivity index (χ0v) is 9.55. The molecule has 1 atom stereocenters. The predicted molar refractivity (Wildman–Crippen MR) is 62.0 cm³/mol. The van der Waals surface area contributed by atoms with Crippen molar-refractivity contribution >= 4 is 23.4 Å². The zero-order valence-electron chi connectivity index (χ0n) is 8.74. The summed E-state index contributed by atoms with van der Waals surface area (Å²) in [4.78, 5) is 11.3. The van der Waals surface area contributed by atoms with E-state index >= 15 is 0 Å². The van der Waals surface area contributed by atoms with E-state index in [2.05, 4.69) is 5.32 Å². The molecule has 0 aliphatic carbocycles. The molecule has 0 aliphatic heterocycles. The number of nitrogens with two attached hydrogens (primary N) is 1. The van der Waals surface area contributed by atoms with Crippen LogP contribution in [0.4, 0.5) is 10.1 Å². The first-order valence-corrected chi connectivity index (χ1v) is 5.61. The minimum atomic E-state index is -0.940. The van der Waals surface area contributed by atoms with Gasteiger partial charge in [-0.2, -0.15) is 0 Å². The third kappa shape index (κ3) is 3.11. The molecule has 1 aromatic rings. The molecule has 88 valence electrons. The number of rotatable bonds is 5. The molecule has 0 saturated carbocycles. The smallest absolute Gasteiger partial charge is 0.321 e.